The number of ether oxygens (including phenoxy) is 1. The lowest BCUT2D eigenvalue weighted by atomic mass is 10.1. The number of carbonyl (C=O) groups is 1. The van der Waals surface area contributed by atoms with Crippen LogP contribution in [0.4, 0.5) is 5.82 Å². The molecule has 1 aliphatic rings. The first-order chi connectivity index (χ1) is 12.2. The monoisotopic (exact) mass is 353 g/mol. The Balaban J connectivity index is 1.44. The van der Waals surface area contributed by atoms with Crippen molar-refractivity contribution in [1.82, 2.24) is 9.78 Å². The van der Waals surface area contributed by atoms with Gasteiger partial charge in [0.2, 0.25) is 0 Å². The van der Waals surface area contributed by atoms with Gasteiger partial charge < -0.3 is 10.1 Å². The molecule has 1 aliphatic heterocycles. The highest BCUT2D eigenvalue weighted by atomic mass is 35.5. The van der Waals surface area contributed by atoms with E-state index in [9.17, 15) is 4.79 Å². The van der Waals surface area contributed by atoms with Crippen LogP contribution in [-0.2, 0) is 17.8 Å². The van der Waals surface area contributed by atoms with Crippen LogP contribution in [0.3, 0.4) is 0 Å². The second-order valence-electron chi connectivity index (χ2n) is 5.91. The average molecular weight is 354 g/mol. The van der Waals surface area contributed by atoms with Crippen LogP contribution in [0.5, 0.6) is 5.75 Å². The molecule has 0 saturated carbocycles. The van der Waals surface area contributed by atoms with Crippen molar-refractivity contribution in [3.63, 3.8) is 0 Å². The summed E-state index contributed by atoms with van der Waals surface area (Å²) in [6, 6.07) is 17.0. The third-order valence-electron chi connectivity index (χ3n) is 4.15. The summed E-state index contributed by atoms with van der Waals surface area (Å²) in [5, 5.41) is 7.88. The van der Waals surface area contributed by atoms with Gasteiger partial charge in [0.05, 0.1) is 12.7 Å². The number of para-hydroxylation sites is 1. The van der Waals surface area contributed by atoms with Gasteiger partial charge in [-0.1, -0.05) is 41.9 Å². The SMILES string of the molecule is O=C(Nc1ccnn1Cc1ccc(Cl)cc1)[C@H]1Cc2ccccc2O1. The summed E-state index contributed by atoms with van der Waals surface area (Å²) in [6.45, 7) is 0.547. The molecule has 3 aromatic rings. The number of nitrogens with one attached hydrogen (secondary N) is 1. The molecular formula is C19H16ClN3O2. The molecule has 25 heavy (non-hydrogen) atoms. The van der Waals surface area contributed by atoms with Crippen LogP contribution >= 0.6 is 11.6 Å². The largest absolute Gasteiger partial charge is 0.480 e. The number of amides is 1. The van der Waals surface area contributed by atoms with Gasteiger partial charge in [-0.3, -0.25) is 4.79 Å². The third kappa shape index (κ3) is 3.37. The van der Waals surface area contributed by atoms with Gasteiger partial charge in [0.25, 0.3) is 5.91 Å². The van der Waals surface area contributed by atoms with Gasteiger partial charge >= 0.3 is 0 Å². The number of hydrogen-bond donors (Lipinski definition) is 1. The fourth-order valence-corrected chi connectivity index (χ4v) is 2.99. The maximum atomic E-state index is 12.5. The third-order valence-corrected chi connectivity index (χ3v) is 4.40. The molecule has 0 saturated heterocycles. The topological polar surface area (TPSA) is 56.2 Å². The fourth-order valence-electron chi connectivity index (χ4n) is 2.86. The summed E-state index contributed by atoms with van der Waals surface area (Å²) < 4.78 is 7.47. The van der Waals surface area contributed by atoms with Gasteiger partial charge in [0.15, 0.2) is 6.10 Å². The molecule has 5 nitrogen and oxygen atoms in total. The van der Waals surface area contributed by atoms with E-state index in [2.05, 4.69) is 10.4 Å². The highest BCUT2D eigenvalue weighted by molar-refractivity contribution is 6.30. The molecule has 0 unspecified atom stereocenters. The number of anilines is 1. The van der Waals surface area contributed by atoms with E-state index in [0.717, 1.165) is 16.9 Å². The number of benzene rings is 2. The minimum Gasteiger partial charge on any atom is -0.480 e. The van der Waals surface area contributed by atoms with E-state index < -0.39 is 6.10 Å². The van der Waals surface area contributed by atoms with E-state index in [-0.39, 0.29) is 5.91 Å². The lowest BCUT2D eigenvalue weighted by molar-refractivity contribution is -0.122. The molecule has 0 bridgehead atoms. The molecule has 2 aromatic carbocycles. The lowest BCUT2D eigenvalue weighted by Crippen LogP contribution is -2.32. The zero-order valence-corrected chi connectivity index (χ0v) is 14.1. The Morgan fingerprint density at radius 1 is 1.20 bits per heavy atom. The van der Waals surface area contributed by atoms with Crippen molar-refractivity contribution in [3.05, 3.63) is 76.9 Å². The van der Waals surface area contributed by atoms with Crippen LogP contribution in [0.15, 0.2) is 60.8 Å². The Kier molecular flexibility index (Phi) is 4.15. The lowest BCUT2D eigenvalue weighted by Gasteiger charge is -2.13. The molecule has 2 heterocycles. The maximum Gasteiger partial charge on any atom is 0.266 e. The molecule has 4 rings (SSSR count). The first-order valence-electron chi connectivity index (χ1n) is 8.01. The van der Waals surface area contributed by atoms with Crippen molar-refractivity contribution >= 4 is 23.3 Å². The highest BCUT2D eigenvalue weighted by Crippen LogP contribution is 2.28. The predicted molar refractivity (Wildman–Crippen MR) is 96.0 cm³/mol. The van der Waals surface area contributed by atoms with E-state index in [1.807, 2.05) is 48.5 Å². The zero-order chi connectivity index (χ0) is 17.2. The van der Waals surface area contributed by atoms with Gasteiger partial charge in [-0.25, -0.2) is 4.68 Å². The number of nitrogens with zero attached hydrogens (tertiary/aromatic N) is 2. The van der Waals surface area contributed by atoms with Gasteiger partial charge in [0.1, 0.15) is 11.6 Å². The van der Waals surface area contributed by atoms with Gasteiger partial charge in [-0.05, 0) is 29.3 Å². The summed E-state index contributed by atoms with van der Waals surface area (Å²) in [4.78, 5) is 12.5. The molecule has 1 N–H and O–H groups in total. The number of carbonyl (C=O) groups excluding carboxylic acids is 1. The summed E-state index contributed by atoms with van der Waals surface area (Å²) in [5.41, 5.74) is 2.10. The van der Waals surface area contributed by atoms with Crippen molar-refractivity contribution in [1.29, 1.82) is 0 Å². The number of rotatable bonds is 4. The molecule has 6 heteroatoms. The number of aromatic nitrogens is 2. The van der Waals surface area contributed by atoms with E-state index in [1.54, 1.807) is 16.9 Å². The van der Waals surface area contributed by atoms with E-state index in [1.165, 1.54) is 0 Å². The number of halogens is 1. The van der Waals surface area contributed by atoms with Crippen molar-refractivity contribution in [3.8, 4) is 5.75 Å². The minimum absolute atomic E-state index is 0.172. The minimum atomic E-state index is -0.517. The van der Waals surface area contributed by atoms with Crippen molar-refractivity contribution in [2.45, 2.75) is 19.1 Å². The molecular weight excluding hydrogens is 338 g/mol. The second kappa shape index (κ2) is 6.61. The first-order valence-corrected chi connectivity index (χ1v) is 8.38. The van der Waals surface area contributed by atoms with Gasteiger partial charge in [-0.15, -0.1) is 0 Å². The quantitative estimate of drug-likeness (QED) is 0.780. The number of hydrogen-bond acceptors (Lipinski definition) is 3. The molecule has 0 fully saturated rings. The molecule has 1 amide bonds. The predicted octanol–water partition coefficient (Wildman–Crippen LogP) is 3.53. The fraction of sp³-hybridized carbons (Fsp3) is 0.158. The molecule has 1 aromatic heterocycles. The molecule has 0 spiro atoms. The Morgan fingerprint density at radius 2 is 2.00 bits per heavy atom. The molecule has 0 radical (unpaired) electrons. The van der Waals surface area contributed by atoms with Crippen molar-refractivity contribution < 1.29 is 9.53 Å². The van der Waals surface area contributed by atoms with Crippen molar-refractivity contribution in [2.75, 3.05) is 5.32 Å². The normalized spacial score (nSPS) is 15.5. The smallest absolute Gasteiger partial charge is 0.266 e. The summed E-state index contributed by atoms with van der Waals surface area (Å²) in [6.07, 6.45) is 1.72. The van der Waals surface area contributed by atoms with Crippen molar-refractivity contribution in [2.24, 2.45) is 0 Å². The Morgan fingerprint density at radius 3 is 2.80 bits per heavy atom. The molecule has 1 atom stereocenters. The maximum absolute atomic E-state index is 12.5. The van der Waals surface area contributed by atoms with E-state index >= 15 is 0 Å². The standard InChI is InChI=1S/C19H16ClN3O2/c20-15-7-5-13(6-8-15)12-23-18(9-10-21-23)22-19(24)17-11-14-3-1-2-4-16(14)25-17/h1-10,17H,11-12H2,(H,22,24)/t17-/m1/s1. The van der Waals surface area contributed by atoms with Crippen LogP contribution in [0, 0.1) is 0 Å². The first kappa shape index (κ1) is 15.7. The summed E-state index contributed by atoms with van der Waals surface area (Å²) in [7, 11) is 0. The second-order valence-corrected chi connectivity index (χ2v) is 6.34. The number of fused-ring (bicyclic) bond motifs is 1. The average Bonchev–Trinajstić information content (AvgIpc) is 3.24. The summed E-state index contributed by atoms with van der Waals surface area (Å²) >= 11 is 5.91. The Bertz CT molecular complexity index is 880. The summed E-state index contributed by atoms with van der Waals surface area (Å²) in [5.74, 6) is 1.24. The Labute approximate surface area is 150 Å². The van der Waals surface area contributed by atoms with Crippen LogP contribution in [0.1, 0.15) is 11.1 Å². The van der Waals surface area contributed by atoms with E-state index in [4.69, 9.17) is 16.3 Å². The molecule has 126 valence electrons. The van der Waals surface area contributed by atoms with Crippen LogP contribution in [-0.4, -0.2) is 21.8 Å². The highest BCUT2D eigenvalue weighted by Gasteiger charge is 2.29. The van der Waals surface area contributed by atoms with E-state index in [0.29, 0.717) is 23.8 Å². The van der Waals surface area contributed by atoms with Gasteiger partial charge in [0, 0.05) is 17.5 Å². The Hall–Kier alpha value is -2.79. The van der Waals surface area contributed by atoms with Crippen LogP contribution < -0.4 is 10.1 Å². The zero-order valence-electron chi connectivity index (χ0n) is 13.4. The molecule has 0 aliphatic carbocycles. The van der Waals surface area contributed by atoms with Gasteiger partial charge in [-0.2, -0.15) is 5.10 Å². The van der Waals surface area contributed by atoms with Crippen LogP contribution in [0.25, 0.3) is 0 Å². The van der Waals surface area contributed by atoms with Crippen LogP contribution in [0.2, 0.25) is 5.02 Å².